The first-order valence-corrected chi connectivity index (χ1v) is 5.92. The molecule has 5 heteroatoms. The van der Waals surface area contributed by atoms with Crippen LogP contribution in [-0.4, -0.2) is 5.97 Å². The van der Waals surface area contributed by atoms with Gasteiger partial charge in [-0.05, 0) is 6.92 Å². The van der Waals surface area contributed by atoms with Crippen molar-refractivity contribution in [1.82, 2.24) is 12.3 Å². The number of carboxylic acid groups (broad SMARTS) is 1. The van der Waals surface area contributed by atoms with Gasteiger partial charge in [-0.25, -0.2) is 0 Å². The molecule has 1 aromatic rings. The second kappa shape index (κ2) is 11.5. The first kappa shape index (κ1) is 18.4. The molecule has 0 aliphatic carbocycles. The molecular formula is C8H14HgN2O2. The fourth-order valence-electron chi connectivity index (χ4n) is 0.478. The minimum absolute atomic E-state index is 0. The first-order valence-electron chi connectivity index (χ1n) is 3.17. The van der Waals surface area contributed by atoms with E-state index in [2.05, 4.69) is 30.3 Å². The van der Waals surface area contributed by atoms with Gasteiger partial charge in [0.2, 0.25) is 0 Å². The third-order valence-electron chi connectivity index (χ3n) is 0.843. The molecule has 1 rings (SSSR count). The van der Waals surface area contributed by atoms with Crippen molar-refractivity contribution in [2.75, 3.05) is 0 Å². The summed E-state index contributed by atoms with van der Waals surface area (Å²) < 4.78 is 1.52. The molecule has 0 unspecified atom stereocenters. The number of aliphatic carboxylic acids is 1. The van der Waals surface area contributed by atoms with Crippen LogP contribution in [0.15, 0.2) is 30.3 Å². The quantitative estimate of drug-likeness (QED) is 0.623. The summed E-state index contributed by atoms with van der Waals surface area (Å²) in [4.78, 5) is 8.89. The average molecular weight is 371 g/mol. The van der Waals surface area contributed by atoms with E-state index in [1.165, 1.54) is 3.07 Å². The van der Waals surface area contributed by atoms with Gasteiger partial charge in [-0.15, -0.1) is 0 Å². The summed E-state index contributed by atoms with van der Waals surface area (Å²) in [6, 6.07) is 10.6. The summed E-state index contributed by atoms with van der Waals surface area (Å²) in [5.41, 5.74) is 0. The molecule has 0 spiro atoms. The van der Waals surface area contributed by atoms with Crippen LogP contribution in [-0.2, 0) is 30.9 Å². The van der Waals surface area contributed by atoms with E-state index in [0.717, 1.165) is 33.0 Å². The van der Waals surface area contributed by atoms with E-state index in [9.17, 15) is 0 Å². The Labute approximate surface area is 94.5 Å². The molecule has 0 fully saturated rings. The van der Waals surface area contributed by atoms with E-state index in [4.69, 9.17) is 9.90 Å². The molecule has 0 bridgehead atoms. The first-order chi connectivity index (χ1) is 5.13. The Bertz CT molecular complexity index is 213. The van der Waals surface area contributed by atoms with Crippen LogP contribution in [0.1, 0.15) is 6.92 Å². The third-order valence-corrected chi connectivity index (χ3v) is 2.68. The Hall–Kier alpha value is -0.455. The van der Waals surface area contributed by atoms with Crippen LogP contribution in [0.3, 0.4) is 0 Å². The van der Waals surface area contributed by atoms with Gasteiger partial charge < -0.3 is 22.2 Å². The fourth-order valence-corrected chi connectivity index (χ4v) is 1.54. The number of rotatable bonds is 0. The maximum atomic E-state index is 8.89. The number of carbonyl (C=O) groups excluding carboxylic acids is 1. The van der Waals surface area contributed by atoms with Crippen LogP contribution in [0.25, 0.3) is 0 Å². The van der Waals surface area contributed by atoms with Gasteiger partial charge in [-0.1, -0.05) is 0 Å². The van der Waals surface area contributed by atoms with Crippen molar-refractivity contribution in [2.24, 2.45) is 0 Å². The van der Waals surface area contributed by atoms with Gasteiger partial charge in [0.05, 0.1) is 0 Å². The van der Waals surface area contributed by atoms with Crippen LogP contribution in [0.5, 0.6) is 0 Å². The van der Waals surface area contributed by atoms with Gasteiger partial charge in [0.1, 0.15) is 0 Å². The van der Waals surface area contributed by atoms with Crippen molar-refractivity contribution in [3.63, 3.8) is 0 Å². The monoisotopic (exact) mass is 372 g/mol. The van der Waals surface area contributed by atoms with Gasteiger partial charge in [0.25, 0.3) is 0 Å². The third kappa shape index (κ3) is 18.5. The number of carboxylic acids is 1. The summed E-state index contributed by atoms with van der Waals surface area (Å²) in [7, 11) is 0. The fraction of sp³-hybridized carbons (Fsp3) is 0.125. The summed E-state index contributed by atoms with van der Waals surface area (Å²) in [5.74, 6) is -1.08. The van der Waals surface area contributed by atoms with E-state index < -0.39 is 5.97 Å². The Balaban J connectivity index is -0.000000150. The van der Waals surface area contributed by atoms with Gasteiger partial charge in [0.15, 0.2) is 0 Å². The van der Waals surface area contributed by atoms with E-state index in [0.29, 0.717) is 0 Å². The maximum absolute atomic E-state index is 8.89. The zero-order chi connectivity index (χ0) is 8.69. The Kier molecular flexibility index (Phi) is 16.3. The Morgan fingerprint density at radius 3 is 1.69 bits per heavy atom. The molecule has 0 aliphatic rings. The molecule has 0 saturated heterocycles. The zero-order valence-electron chi connectivity index (χ0n) is 7.82. The number of hydrogen-bond donors (Lipinski definition) is 2. The summed E-state index contributed by atoms with van der Waals surface area (Å²) in [5, 5.41) is 8.89. The molecule has 0 heterocycles. The summed E-state index contributed by atoms with van der Waals surface area (Å²) in [6.45, 7) is 0.972. The molecule has 0 aliphatic heterocycles. The van der Waals surface area contributed by atoms with E-state index in [-0.39, 0.29) is 12.3 Å². The van der Waals surface area contributed by atoms with Crippen LogP contribution in [0.2, 0.25) is 0 Å². The normalized spacial score (nSPS) is 6.69. The molecule has 0 radical (unpaired) electrons. The van der Waals surface area contributed by atoms with Crippen LogP contribution >= 0.6 is 0 Å². The van der Waals surface area contributed by atoms with Crippen molar-refractivity contribution in [2.45, 2.75) is 6.92 Å². The van der Waals surface area contributed by atoms with Crippen molar-refractivity contribution in [3.8, 4) is 0 Å². The molecule has 0 aromatic heterocycles. The summed E-state index contributed by atoms with van der Waals surface area (Å²) in [6.07, 6.45) is 0. The standard InChI is InChI=1S/C6H5.C2H4O2.Hg.2H3N/c1-2-4-6-5-3-1;1-2(3)4;;;/h1-5H;1H3,(H,3,4);;2*1H3/q;;+1;;/p-1. The van der Waals surface area contributed by atoms with Gasteiger partial charge >= 0.3 is 59.5 Å². The Morgan fingerprint density at radius 2 is 1.54 bits per heavy atom. The second-order valence-electron chi connectivity index (χ2n) is 1.98. The van der Waals surface area contributed by atoms with Crippen LogP contribution < -0.4 is 20.5 Å². The van der Waals surface area contributed by atoms with Crippen molar-refractivity contribution in [3.05, 3.63) is 30.3 Å². The van der Waals surface area contributed by atoms with E-state index >= 15 is 0 Å². The second-order valence-corrected chi connectivity index (χ2v) is 5.15. The van der Waals surface area contributed by atoms with Gasteiger partial charge in [-0.2, -0.15) is 0 Å². The molecule has 70 valence electrons. The molecule has 1 aromatic carbocycles. The number of carbonyl (C=O) groups is 1. The van der Waals surface area contributed by atoms with Gasteiger partial charge in [-0.3, -0.25) is 0 Å². The molecule has 4 nitrogen and oxygen atoms in total. The molecule has 0 amide bonds. The van der Waals surface area contributed by atoms with Crippen LogP contribution in [0.4, 0.5) is 0 Å². The summed E-state index contributed by atoms with van der Waals surface area (Å²) >= 11 is 0.810. The van der Waals surface area contributed by atoms with Crippen molar-refractivity contribution in [1.29, 1.82) is 0 Å². The number of hydrogen-bond acceptors (Lipinski definition) is 4. The molecule has 0 saturated carbocycles. The number of benzene rings is 1. The van der Waals surface area contributed by atoms with E-state index in [1.807, 2.05) is 0 Å². The average Bonchev–Trinajstić information content (AvgIpc) is 1.87. The minimum atomic E-state index is -1.08. The molecule has 13 heavy (non-hydrogen) atoms. The zero-order valence-corrected chi connectivity index (χ0v) is 13.3. The van der Waals surface area contributed by atoms with Gasteiger partial charge in [0, 0.05) is 5.97 Å². The Morgan fingerprint density at radius 1 is 1.23 bits per heavy atom. The topological polar surface area (TPSA) is 110 Å². The SMILES string of the molecule is CC(=O)[O-].N.N.[Hg+][c]1ccccc1. The molecule has 6 N–H and O–H groups in total. The van der Waals surface area contributed by atoms with Crippen molar-refractivity contribution < 1.29 is 36.0 Å². The van der Waals surface area contributed by atoms with Crippen molar-refractivity contribution >= 4 is 9.04 Å². The predicted molar refractivity (Wildman–Crippen MR) is 46.8 cm³/mol. The van der Waals surface area contributed by atoms with Crippen LogP contribution in [0, 0.1) is 0 Å². The van der Waals surface area contributed by atoms with E-state index in [1.54, 1.807) is 0 Å². The predicted octanol–water partition coefficient (Wildman–Crippen LogP) is -0.0611. The molecule has 0 atom stereocenters. The molecular weight excluding hydrogens is 357 g/mol.